The summed E-state index contributed by atoms with van der Waals surface area (Å²) in [7, 11) is 0. The third-order valence-electron chi connectivity index (χ3n) is 4.44. The third-order valence-corrected chi connectivity index (χ3v) is 4.44. The Morgan fingerprint density at radius 3 is 2.55 bits per heavy atom. The molecule has 150 valence electrons. The number of hydrogen-bond donors (Lipinski definition) is 1. The number of nitrogens with one attached hydrogen (secondary N) is 1. The van der Waals surface area contributed by atoms with Crippen LogP contribution in [0.1, 0.15) is 39.6 Å². The number of carbonyl (C=O) groups is 4. The Bertz CT molecular complexity index is 1000. The van der Waals surface area contributed by atoms with Crippen LogP contribution in [0.4, 0.5) is 10.1 Å². The number of esters is 1. The Morgan fingerprint density at radius 1 is 1.10 bits per heavy atom. The number of ether oxygens (including phenoxy) is 1. The third kappa shape index (κ3) is 4.48. The molecule has 2 aromatic rings. The lowest BCUT2D eigenvalue weighted by Crippen LogP contribution is -2.34. The number of fused-ring (bicyclic) bond motifs is 1. The second-order valence-corrected chi connectivity index (χ2v) is 6.69. The first kappa shape index (κ1) is 20.2. The summed E-state index contributed by atoms with van der Waals surface area (Å²) in [4.78, 5) is 49.9. The van der Waals surface area contributed by atoms with Gasteiger partial charge in [-0.3, -0.25) is 24.1 Å². The zero-order chi connectivity index (χ0) is 21.1. The number of hydrogen-bond acceptors (Lipinski definition) is 5. The summed E-state index contributed by atoms with van der Waals surface area (Å²) in [6.07, 6.45) is -1.38. The molecule has 0 spiro atoms. The van der Waals surface area contributed by atoms with Crippen LogP contribution in [-0.2, 0) is 14.3 Å². The van der Waals surface area contributed by atoms with Crippen molar-refractivity contribution in [1.29, 1.82) is 0 Å². The molecule has 0 fully saturated rings. The minimum atomic E-state index is -1.13. The van der Waals surface area contributed by atoms with Crippen molar-refractivity contribution in [3.8, 4) is 0 Å². The van der Waals surface area contributed by atoms with Gasteiger partial charge in [-0.15, -0.1) is 0 Å². The van der Waals surface area contributed by atoms with Crippen molar-refractivity contribution in [3.05, 3.63) is 65.0 Å². The largest absolute Gasteiger partial charge is 0.452 e. The van der Waals surface area contributed by atoms with E-state index in [2.05, 4.69) is 5.32 Å². The Labute approximate surface area is 166 Å². The van der Waals surface area contributed by atoms with Gasteiger partial charge in [0.05, 0.1) is 17.5 Å². The summed E-state index contributed by atoms with van der Waals surface area (Å²) in [5.74, 6) is -2.79. The van der Waals surface area contributed by atoms with Crippen LogP contribution in [0.25, 0.3) is 0 Å². The first-order valence-corrected chi connectivity index (χ1v) is 8.99. The van der Waals surface area contributed by atoms with E-state index in [-0.39, 0.29) is 18.7 Å². The number of halogens is 1. The minimum absolute atomic E-state index is 0.150. The zero-order valence-corrected chi connectivity index (χ0v) is 15.9. The number of imide groups is 1. The van der Waals surface area contributed by atoms with E-state index in [9.17, 15) is 23.6 Å². The number of nitrogens with zero attached hydrogens (tertiary/aromatic N) is 1. The molecule has 1 N–H and O–H groups in total. The fraction of sp³-hybridized carbons (Fsp3) is 0.238. The number of rotatable bonds is 6. The van der Waals surface area contributed by atoms with Gasteiger partial charge in [0.1, 0.15) is 5.82 Å². The highest BCUT2D eigenvalue weighted by atomic mass is 19.1. The van der Waals surface area contributed by atoms with Gasteiger partial charge in [0.2, 0.25) is 0 Å². The van der Waals surface area contributed by atoms with Crippen LogP contribution in [-0.4, -0.2) is 41.2 Å². The molecule has 3 rings (SSSR count). The maximum Gasteiger partial charge on any atom is 0.308 e. The summed E-state index contributed by atoms with van der Waals surface area (Å²) >= 11 is 0. The van der Waals surface area contributed by atoms with Gasteiger partial charge in [-0.05, 0) is 44.2 Å². The first-order valence-electron chi connectivity index (χ1n) is 8.99. The molecule has 29 heavy (non-hydrogen) atoms. The summed E-state index contributed by atoms with van der Waals surface area (Å²) in [6, 6.07) is 10.3. The van der Waals surface area contributed by atoms with E-state index in [1.165, 1.54) is 25.1 Å². The molecule has 1 unspecified atom stereocenters. The number of amides is 3. The molecule has 8 heteroatoms. The average Bonchev–Trinajstić information content (AvgIpc) is 2.90. The van der Waals surface area contributed by atoms with Crippen LogP contribution < -0.4 is 5.32 Å². The lowest BCUT2D eigenvalue weighted by molar-refractivity contribution is -0.153. The van der Waals surface area contributed by atoms with Crippen molar-refractivity contribution >= 4 is 29.4 Å². The standard InChI is InChI=1S/C21H19FN2O5/c1-12-6-7-16-17(10-12)21(28)24(20(16)27)9-8-18(25)29-13(2)19(26)23-15-5-3-4-14(22)11-15/h3-7,10-11,13H,8-9H2,1-2H3,(H,23,26). The summed E-state index contributed by atoms with van der Waals surface area (Å²) < 4.78 is 18.2. The minimum Gasteiger partial charge on any atom is -0.452 e. The molecule has 1 aliphatic rings. The predicted octanol–water partition coefficient (Wildman–Crippen LogP) is 2.69. The van der Waals surface area contributed by atoms with Crippen LogP contribution in [0.2, 0.25) is 0 Å². The van der Waals surface area contributed by atoms with Crippen molar-refractivity contribution < 1.29 is 28.3 Å². The fourth-order valence-electron chi connectivity index (χ4n) is 2.93. The van der Waals surface area contributed by atoms with E-state index in [4.69, 9.17) is 4.74 Å². The van der Waals surface area contributed by atoms with E-state index in [1.54, 1.807) is 18.2 Å². The van der Waals surface area contributed by atoms with E-state index in [0.717, 1.165) is 16.5 Å². The molecule has 0 aromatic heterocycles. The van der Waals surface area contributed by atoms with Crippen molar-refractivity contribution in [2.45, 2.75) is 26.4 Å². The normalized spacial score (nSPS) is 13.8. The summed E-state index contributed by atoms with van der Waals surface area (Å²) in [5, 5.41) is 2.44. The van der Waals surface area contributed by atoms with Crippen LogP contribution in [0.5, 0.6) is 0 Å². The Balaban J connectivity index is 1.53. The van der Waals surface area contributed by atoms with Gasteiger partial charge in [-0.25, -0.2) is 4.39 Å². The molecule has 2 aromatic carbocycles. The molecule has 1 atom stereocenters. The van der Waals surface area contributed by atoms with Gasteiger partial charge >= 0.3 is 5.97 Å². The number of anilines is 1. The number of aryl methyl sites for hydroxylation is 1. The van der Waals surface area contributed by atoms with E-state index < -0.39 is 35.6 Å². The monoisotopic (exact) mass is 398 g/mol. The molecule has 0 bridgehead atoms. The lowest BCUT2D eigenvalue weighted by Gasteiger charge is -2.16. The van der Waals surface area contributed by atoms with Gasteiger partial charge < -0.3 is 10.1 Å². The van der Waals surface area contributed by atoms with Crippen molar-refractivity contribution in [2.75, 3.05) is 11.9 Å². The predicted molar refractivity (Wildman–Crippen MR) is 102 cm³/mol. The Kier molecular flexibility index (Phi) is 5.72. The topological polar surface area (TPSA) is 92.8 Å². The molecular formula is C21H19FN2O5. The molecule has 0 saturated heterocycles. The highest BCUT2D eigenvalue weighted by Crippen LogP contribution is 2.24. The van der Waals surface area contributed by atoms with Crippen molar-refractivity contribution in [1.82, 2.24) is 4.90 Å². The molecule has 1 aliphatic heterocycles. The van der Waals surface area contributed by atoms with Crippen LogP contribution >= 0.6 is 0 Å². The molecule has 1 heterocycles. The molecule has 0 radical (unpaired) electrons. The highest BCUT2D eigenvalue weighted by Gasteiger charge is 2.35. The maximum absolute atomic E-state index is 13.2. The van der Waals surface area contributed by atoms with Crippen LogP contribution in [0, 0.1) is 12.7 Å². The van der Waals surface area contributed by atoms with Gasteiger partial charge in [-0.2, -0.15) is 0 Å². The fourth-order valence-corrected chi connectivity index (χ4v) is 2.93. The number of carbonyl (C=O) groups excluding carboxylic acids is 4. The SMILES string of the molecule is Cc1ccc2c(c1)C(=O)N(CCC(=O)OC(C)C(=O)Nc1cccc(F)c1)C2=O. The average molecular weight is 398 g/mol. The summed E-state index contributed by atoms with van der Waals surface area (Å²) in [5.41, 5.74) is 1.70. The van der Waals surface area contributed by atoms with Crippen LogP contribution in [0.3, 0.4) is 0 Å². The summed E-state index contributed by atoms with van der Waals surface area (Å²) in [6.45, 7) is 3.04. The van der Waals surface area contributed by atoms with Gasteiger partial charge in [0.25, 0.3) is 17.7 Å². The van der Waals surface area contributed by atoms with Crippen LogP contribution in [0.15, 0.2) is 42.5 Å². The first-order chi connectivity index (χ1) is 13.8. The molecule has 7 nitrogen and oxygen atoms in total. The highest BCUT2D eigenvalue weighted by molar-refractivity contribution is 6.21. The quantitative estimate of drug-likeness (QED) is 0.597. The van der Waals surface area contributed by atoms with E-state index in [0.29, 0.717) is 11.1 Å². The van der Waals surface area contributed by atoms with E-state index >= 15 is 0 Å². The maximum atomic E-state index is 13.2. The molecule has 0 saturated carbocycles. The Hall–Kier alpha value is -3.55. The molecule has 0 aliphatic carbocycles. The second-order valence-electron chi connectivity index (χ2n) is 6.69. The second kappa shape index (κ2) is 8.22. The molecule has 3 amide bonds. The smallest absolute Gasteiger partial charge is 0.308 e. The zero-order valence-electron chi connectivity index (χ0n) is 15.9. The molecular weight excluding hydrogens is 379 g/mol. The van der Waals surface area contributed by atoms with Crippen molar-refractivity contribution in [2.24, 2.45) is 0 Å². The van der Waals surface area contributed by atoms with Gasteiger partial charge in [0.15, 0.2) is 6.10 Å². The Morgan fingerprint density at radius 2 is 1.83 bits per heavy atom. The lowest BCUT2D eigenvalue weighted by atomic mass is 10.1. The van der Waals surface area contributed by atoms with Crippen molar-refractivity contribution in [3.63, 3.8) is 0 Å². The van der Waals surface area contributed by atoms with Gasteiger partial charge in [-0.1, -0.05) is 17.7 Å². The van der Waals surface area contributed by atoms with E-state index in [1.807, 2.05) is 6.92 Å². The number of benzene rings is 2. The van der Waals surface area contributed by atoms with Gasteiger partial charge in [0, 0.05) is 12.2 Å².